The summed E-state index contributed by atoms with van der Waals surface area (Å²) in [6.07, 6.45) is 3.43. The summed E-state index contributed by atoms with van der Waals surface area (Å²) in [6.45, 7) is 2.14. The Morgan fingerprint density at radius 3 is 2.70 bits per heavy atom. The highest BCUT2D eigenvalue weighted by Gasteiger charge is 2.32. The summed E-state index contributed by atoms with van der Waals surface area (Å²) in [6, 6.07) is 9.40. The van der Waals surface area contributed by atoms with Crippen LogP contribution in [-0.2, 0) is 16.6 Å². The highest BCUT2D eigenvalue weighted by molar-refractivity contribution is 5.96. The van der Waals surface area contributed by atoms with Crippen LogP contribution in [0.4, 0.5) is 5.95 Å². The number of imidazole rings is 1. The van der Waals surface area contributed by atoms with Gasteiger partial charge in [-0.2, -0.15) is 0 Å². The Labute approximate surface area is 135 Å². The minimum Gasteiger partial charge on any atom is -0.331 e. The Bertz CT molecular complexity index is 723. The molecule has 2 heterocycles. The lowest BCUT2D eigenvalue weighted by atomic mass is 10.2. The minimum atomic E-state index is -0.399. The normalized spacial score (nSPS) is 17.3. The van der Waals surface area contributed by atoms with E-state index in [0.29, 0.717) is 18.9 Å². The van der Waals surface area contributed by atoms with E-state index in [2.05, 4.69) is 10.3 Å². The van der Waals surface area contributed by atoms with Crippen molar-refractivity contribution in [1.29, 1.82) is 0 Å². The summed E-state index contributed by atoms with van der Waals surface area (Å²) in [7, 11) is 1.84. The first kappa shape index (κ1) is 15.3. The van der Waals surface area contributed by atoms with Crippen molar-refractivity contribution in [2.24, 2.45) is 7.05 Å². The summed E-state index contributed by atoms with van der Waals surface area (Å²) in [5.41, 5.74) is 1.80. The molecule has 120 valence electrons. The zero-order chi connectivity index (χ0) is 16.4. The van der Waals surface area contributed by atoms with E-state index in [-0.39, 0.29) is 11.8 Å². The number of anilines is 1. The Hall–Kier alpha value is -2.63. The third kappa shape index (κ3) is 3.11. The number of hydrogen-bond acceptors (Lipinski definition) is 3. The Morgan fingerprint density at radius 2 is 2.00 bits per heavy atom. The number of nitrogens with zero attached hydrogens (tertiary/aromatic N) is 3. The topological polar surface area (TPSA) is 67.2 Å². The van der Waals surface area contributed by atoms with Crippen LogP contribution >= 0.6 is 0 Å². The second kappa shape index (κ2) is 6.24. The van der Waals surface area contributed by atoms with Crippen LogP contribution in [0.15, 0.2) is 36.5 Å². The van der Waals surface area contributed by atoms with E-state index in [1.54, 1.807) is 9.47 Å². The van der Waals surface area contributed by atoms with Crippen LogP contribution in [-0.4, -0.2) is 38.9 Å². The Balaban J connectivity index is 1.77. The van der Waals surface area contributed by atoms with Gasteiger partial charge in [0, 0.05) is 32.3 Å². The second-order valence-electron chi connectivity index (χ2n) is 5.79. The van der Waals surface area contributed by atoms with E-state index < -0.39 is 6.04 Å². The lowest BCUT2D eigenvalue weighted by molar-refractivity contribution is -0.134. The van der Waals surface area contributed by atoms with Crippen LogP contribution in [0.25, 0.3) is 11.3 Å². The largest absolute Gasteiger partial charge is 0.331 e. The first-order chi connectivity index (χ1) is 11.1. The monoisotopic (exact) mass is 312 g/mol. The molecule has 6 nitrogen and oxygen atoms in total. The number of nitrogens with one attached hydrogen (secondary N) is 1. The number of rotatable bonds is 3. The SMILES string of the molecule is CC(=O)N1CCC[C@H]1C(=O)Nc1nc(-c2ccccc2)cn1C. The van der Waals surface area contributed by atoms with Crippen molar-refractivity contribution in [3.63, 3.8) is 0 Å². The Kier molecular flexibility index (Phi) is 4.14. The molecule has 1 aliphatic rings. The molecule has 2 aromatic rings. The first-order valence-corrected chi connectivity index (χ1v) is 7.73. The van der Waals surface area contributed by atoms with Crippen LogP contribution in [0.3, 0.4) is 0 Å². The fraction of sp³-hybridized carbons (Fsp3) is 0.353. The highest BCUT2D eigenvalue weighted by atomic mass is 16.2. The third-order valence-corrected chi connectivity index (χ3v) is 4.14. The summed E-state index contributed by atoms with van der Waals surface area (Å²) in [5.74, 6) is 0.253. The molecule has 1 atom stereocenters. The van der Waals surface area contributed by atoms with Gasteiger partial charge in [0.05, 0.1) is 5.69 Å². The highest BCUT2D eigenvalue weighted by Crippen LogP contribution is 2.22. The van der Waals surface area contributed by atoms with Gasteiger partial charge in [0.1, 0.15) is 6.04 Å². The van der Waals surface area contributed by atoms with Gasteiger partial charge in [0.25, 0.3) is 0 Å². The Morgan fingerprint density at radius 1 is 1.26 bits per heavy atom. The second-order valence-corrected chi connectivity index (χ2v) is 5.79. The van der Waals surface area contributed by atoms with Gasteiger partial charge in [0.15, 0.2) is 0 Å². The van der Waals surface area contributed by atoms with Crippen molar-refractivity contribution in [1.82, 2.24) is 14.5 Å². The van der Waals surface area contributed by atoms with Crippen LogP contribution in [0.1, 0.15) is 19.8 Å². The molecule has 2 amide bonds. The molecule has 6 heteroatoms. The van der Waals surface area contributed by atoms with E-state index in [4.69, 9.17) is 0 Å². The maximum atomic E-state index is 12.5. The molecule has 1 aliphatic heterocycles. The quantitative estimate of drug-likeness (QED) is 0.943. The number of aryl methyl sites for hydroxylation is 1. The summed E-state index contributed by atoms with van der Waals surface area (Å²) >= 11 is 0. The van der Waals surface area contributed by atoms with E-state index in [9.17, 15) is 9.59 Å². The molecular weight excluding hydrogens is 292 g/mol. The molecule has 0 unspecified atom stereocenters. The number of likely N-dealkylation sites (tertiary alicyclic amines) is 1. The van der Waals surface area contributed by atoms with Gasteiger partial charge >= 0.3 is 0 Å². The number of aromatic nitrogens is 2. The third-order valence-electron chi connectivity index (χ3n) is 4.14. The molecule has 0 aliphatic carbocycles. The smallest absolute Gasteiger partial charge is 0.249 e. The van der Waals surface area contributed by atoms with E-state index >= 15 is 0 Å². The number of benzene rings is 1. The molecule has 0 radical (unpaired) electrons. The van der Waals surface area contributed by atoms with E-state index in [0.717, 1.165) is 17.7 Å². The van der Waals surface area contributed by atoms with Gasteiger partial charge in [-0.15, -0.1) is 0 Å². The lowest BCUT2D eigenvalue weighted by Crippen LogP contribution is -2.42. The van der Waals surface area contributed by atoms with E-state index in [1.807, 2.05) is 43.6 Å². The number of hydrogen-bond donors (Lipinski definition) is 1. The van der Waals surface area contributed by atoms with Gasteiger partial charge in [-0.1, -0.05) is 30.3 Å². The van der Waals surface area contributed by atoms with Gasteiger partial charge in [-0.05, 0) is 12.8 Å². The van der Waals surface area contributed by atoms with Gasteiger partial charge < -0.3 is 9.47 Å². The zero-order valence-corrected chi connectivity index (χ0v) is 13.3. The average Bonchev–Trinajstić information content (AvgIpc) is 3.16. The number of carbonyl (C=O) groups is 2. The van der Waals surface area contributed by atoms with Crippen molar-refractivity contribution < 1.29 is 9.59 Å². The van der Waals surface area contributed by atoms with Crippen molar-refractivity contribution in [2.45, 2.75) is 25.8 Å². The lowest BCUT2D eigenvalue weighted by Gasteiger charge is -2.22. The first-order valence-electron chi connectivity index (χ1n) is 7.73. The maximum absolute atomic E-state index is 12.5. The summed E-state index contributed by atoms with van der Waals surface area (Å²) < 4.78 is 1.79. The van der Waals surface area contributed by atoms with Gasteiger partial charge in [-0.3, -0.25) is 14.9 Å². The van der Waals surface area contributed by atoms with Crippen LogP contribution in [0.5, 0.6) is 0 Å². The maximum Gasteiger partial charge on any atom is 0.249 e. The predicted octanol–water partition coefficient (Wildman–Crippen LogP) is 2.04. The van der Waals surface area contributed by atoms with Gasteiger partial charge in [0.2, 0.25) is 17.8 Å². The molecule has 0 spiro atoms. The number of amides is 2. The fourth-order valence-corrected chi connectivity index (χ4v) is 2.94. The van der Waals surface area contributed by atoms with Crippen molar-refractivity contribution in [3.8, 4) is 11.3 Å². The standard InChI is InChI=1S/C17H20N4O2/c1-12(22)21-10-6-9-15(21)16(23)19-17-18-14(11-20(17)2)13-7-4-3-5-8-13/h3-5,7-8,11,15H,6,9-10H2,1-2H3,(H,18,19,23)/t15-/m0/s1. The fourth-order valence-electron chi connectivity index (χ4n) is 2.94. The summed E-state index contributed by atoms with van der Waals surface area (Å²) in [4.78, 5) is 30.2. The molecule has 1 N–H and O–H groups in total. The molecule has 0 bridgehead atoms. The molecule has 1 aromatic carbocycles. The summed E-state index contributed by atoms with van der Waals surface area (Å²) in [5, 5.41) is 2.85. The zero-order valence-electron chi connectivity index (χ0n) is 13.3. The molecule has 1 fully saturated rings. The molecular formula is C17H20N4O2. The molecule has 0 saturated carbocycles. The van der Waals surface area contributed by atoms with Crippen molar-refractivity contribution in [2.75, 3.05) is 11.9 Å². The average molecular weight is 312 g/mol. The van der Waals surface area contributed by atoms with Gasteiger partial charge in [-0.25, -0.2) is 4.98 Å². The van der Waals surface area contributed by atoms with Crippen LogP contribution in [0.2, 0.25) is 0 Å². The molecule has 1 aromatic heterocycles. The minimum absolute atomic E-state index is 0.0625. The van der Waals surface area contributed by atoms with Crippen LogP contribution < -0.4 is 5.32 Å². The van der Waals surface area contributed by atoms with Crippen molar-refractivity contribution >= 4 is 17.8 Å². The van der Waals surface area contributed by atoms with Crippen molar-refractivity contribution in [3.05, 3.63) is 36.5 Å². The predicted molar refractivity (Wildman–Crippen MR) is 87.7 cm³/mol. The number of carbonyl (C=O) groups excluding carboxylic acids is 2. The molecule has 1 saturated heterocycles. The van der Waals surface area contributed by atoms with E-state index in [1.165, 1.54) is 6.92 Å². The molecule has 23 heavy (non-hydrogen) atoms. The molecule has 3 rings (SSSR count). The van der Waals surface area contributed by atoms with Crippen LogP contribution in [0, 0.1) is 0 Å².